The van der Waals surface area contributed by atoms with Crippen molar-refractivity contribution in [1.82, 2.24) is 0 Å². The van der Waals surface area contributed by atoms with Gasteiger partial charge < -0.3 is 19.3 Å². The number of carbonyl (C=O) groups is 1. The van der Waals surface area contributed by atoms with Crippen molar-refractivity contribution in [3.8, 4) is 0 Å². The number of hydrogen-bond donors (Lipinski definition) is 1. The highest BCUT2D eigenvalue weighted by Gasteiger charge is 2.37. The van der Waals surface area contributed by atoms with Gasteiger partial charge in [0.1, 0.15) is 27.6 Å². The van der Waals surface area contributed by atoms with Crippen molar-refractivity contribution < 1.29 is 24.1 Å². The lowest BCUT2D eigenvalue weighted by Gasteiger charge is -2.37. The second-order valence-corrected chi connectivity index (χ2v) is 8.67. The average molecular weight is 301 g/mol. The van der Waals surface area contributed by atoms with Gasteiger partial charge in [0.15, 0.2) is 6.10 Å². The van der Waals surface area contributed by atoms with Gasteiger partial charge in [-0.2, -0.15) is 0 Å². The molecule has 0 saturated carbocycles. The van der Waals surface area contributed by atoms with Crippen molar-refractivity contribution in [3.63, 3.8) is 0 Å². The number of aliphatic hydroxyl groups excluding tert-OH is 1. The van der Waals surface area contributed by atoms with Crippen molar-refractivity contribution in [2.24, 2.45) is 0 Å². The molecule has 1 N–H and O–H groups in total. The van der Waals surface area contributed by atoms with Crippen LogP contribution in [0.2, 0.25) is 13.1 Å². The van der Waals surface area contributed by atoms with Crippen LogP contribution < -0.4 is 0 Å². The predicted molar refractivity (Wildman–Crippen MR) is 77.7 cm³/mol. The van der Waals surface area contributed by atoms with Crippen LogP contribution in [0.25, 0.3) is 0 Å². The summed E-state index contributed by atoms with van der Waals surface area (Å²) in [4.78, 5) is 10.9. The Labute approximate surface area is 122 Å². The van der Waals surface area contributed by atoms with E-state index < -0.39 is 27.1 Å². The van der Waals surface area contributed by atoms with Gasteiger partial charge in [0.05, 0.1) is 11.0 Å². The van der Waals surface area contributed by atoms with E-state index in [1.807, 2.05) is 26.8 Å². The van der Waals surface area contributed by atoms with Gasteiger partial charge in [0, 0.05) is 6.92 Å². The molecule has 0 aliphatic carbocycles. The minimum atomic E-state index is -0.848. The Morgan fingerprint density at radius 3 is 2.50 bits per heavy atom. The highest BCUT2D eigenvalue weighted by molar-refractivity contribution is 6.63. The Kier molecular flexibility index (Phi) is 5.79. The fourth-order valence-corrected chi connectivity index (χ4v) is 2.74. The van der Waals surface area contributed by atoms with Gasteiger partial charge in [0.25, 0.3) is 0 Å². The third-order valence-electron chi connectivity index (χ3n) is 2.74. The zero-order valence-corrected chi connectivity index (χ0v) is 14.1. The zero-order chi connectivity index (χ0) is 15.5. The number of esters is 1. The minimum Gasteiger partial charge on any atom is -0.494 e. The van der Waals surface area contributed by atoms with E-state index in [0.29, 0.717) is 0 Å². The lowest BCUT2D eigenvalue weighted by molar-refractivity contribution is -0.161. The molecule has 0 fully saturated rings. The van der Waals surface area contributed by atoms with Gasteiger partial charge >= 0.3 is 5.97 Å². The van der Waals surface area contributed by atoms with Crippen LogP contribution in [0.3, 0.4) is 0 Å². The normalized spacial score (nSPS) is 27.0. The van der Waals surface area contributed by atoms with Gasteiger partial charge in [-0.1, -0.05) is 13.1 Å². The van der Waals surface area contributed by atoms with E-state index in [-0.39, 0.29) is 18.2 Å². The van der Waals surface area contributed by atoms with Gasteiger partial charge in [-0.25, -0.2) is 0 Å². The summed E-state index contributed by atoms with van der Waals surface area (Å²) in [7, 11) is -0.809. The van der Waals surface area contributed by atoms with Gasteiger partial charge in [0.2, 0.25) is 0 Å². The molecule has 0 bridgehead atoms. The molecular weight excluding hydrogens is 276 g/mol. The first-order chi connectivity index (χ1) is 9.10. The molecule has 1 aliphatic heterocycles. The van der Waals surface area contributed by atoms with Crippen LogP contribution in [0.15, 0.2) is 11.5 Å². The molecule has 1 heterocycles. The minimum absolute atomic E-state index is 0.0347. The zero-order valence-electron chi connectivity index (χ0n) is 13.1. The number of rotatable bonds is 4. The second-order valence-electron chi connectivity index (χ2n) is 6.18. The lowest BCUT2D eigenvalue weighted by atomic mass is 10.0. The number of ether oxygens (including phenoxy) is 3. The van der Waals surface area contributed by atoms with E-state index >= 15 is 0 Å². The van der Waals surface area contributed by atoms with Crippen LogP contribution in [0, 0.1) is 0 Å². The van der Waals surface area contributed by atoms with Gasteiger partial charge in [-0.3, -0.25) is 4.79 Å². The summed E-state index contributed by atoms with van der Waals surface area (Å²) in [5.74, 6) is -0.385. The molecule has 1 radical (unpaired) electrons. The summed E-state index contributed by atoms with van der Waals surface area (Å²) in [5.41, 5.74) is -0.370. The van der Waals surface area contributed by atoms with E-state index in [1.165, 1.54) is 6.92 Å². The summed E-state index contributed by atoms with van der Waals surface area (Å²) < 4.78 is 16.6. The number of hydrogen-bond acceptors (Lipinski definition) is 5. The first kappa shape index (κ1) is 17.2. The van der Waals surface area contributed by atoms with Crippen molar-refractivity contribution in [2.45, 2.75) is 64.7 Å². The molecule has 0 aromatic heterocycles. The van der Waals surface area contributed by atoms with E-state index in [0.717, 1.165) is 5.38 Å². The summed E-state index contributed by atoms with van der Waals surface area (Å²) in [6.45, 7) is 11.4. The summed E-state index contributed by atoms with van der Waals surface area (Å²) in [5, 5.41) is 11.2. The fourth-order valence-electron chi connectivity index (χ4n) is 1.86. The Balaban J connectivity index is 2.85. The molecule has 0 saturated heterocycles. The fraction of sp³-hybridized carbons (Fsp3) is 0.786. The Bertz CT molecular complexity index is 372. The van der Waals surface area contributed by atoms with Gasteiger partial charge in [-0.05, 0) is 26.8 Å². The third kappa shape index (κ3) is 5.26. The van der Waals surface area contributed by atoms with Gasteiger partial charge in [-0.15, -0.1) is 0 Å². The first-order valence-corrected chi connectivity index (χ1v) is 9.28. The maximum absolute atomic E-state index is 10.9. The quantitative estimate of drug-likeness (QED) is 0.632. The lowest BCUT2D eigenvalue weighted by Crippen LogP contribution is -2.49. The average Bonchev–Trinajstić information content (AvgIpc) is 2.27. The van der Waals surface area contributed by atoms with Crippen LogP contribution in [0.4, 0.5) is 0 Å². The molecule has 1 rings (SSSR count). The van der Waals surface area contributed by atoms with Crippen LogP contribution in [0.1, 0.15) is 27.7 Å². The Hall–Kier alpha value is -0.853. The molecule has 0 aromatic carbocycles. The summed E-state index contributed by atoms with van der Waals surface area (Å²) in [6, 6.07) is 0. The van der Waals surface area contributed by atoms with E-state index in [1.54, 1.807) is 0 Å². The molecular formula is C14H25O5Si. The van der Waals surface area contributed by atoms with Crippen LogP contribution in [-0.4, -0.2) is 50.4 Å². The highest BCUT2D eigenvalue weighted by Crippen LogP contribution is 2.25. The number of aliphatic hydroxyl groups is 1. The van der Waals surface area contributed by atoms with Crippen molar-refractivity contribution in [3.05, 3.63) is 11.5 Å². The Morgan fingerprint density at radius 1 is 1.45 bits per heavy atom. The van der Waals surface area contributed by atoms with Crippen LogP contribution in [-0.2, 0) is 19.0 Å². The molecule has 3 atom stereocenters. The standard InChI is InChI=1S/C14H25O5Si/c1-9(15)17-8-11-13(16)10(19-14(2,3)4)7-12(18-11)20(5)6/h7,10-11,13,16H,8H2,1-6H3/t10-,11-,13+/m1/s1. The van der Waals surface area contributed by atoms with Crippen molar-refractivity contribution in [2.75, 3.05) is 6.61 Å². The van der Waals surface area contributed by atoms with Crippen LogP contribution in [0.5, 0.6) is 0 Å². The topological polar surface area (TPSA) is 65.0 Å². The molecule has 0 unspecified atom stereocenters. The maximum atomic E-state index is 10.9. The summed E-state index contributed by atoms with van der Waals surface area (Å²) in [6.07, 6.45) is -0.0156. The molecule has 0 spiro atoms. The summed E-state index contributed by atoms with van der Waals surface area (Å²) >= 11 is 0. The highest BCUT2D eigenvalue weighted by atomic mass is 28.3. The maximum Gasteiger partial charge on any atom is 0.302 e. The van der Waals surface area contributed by atoms with E-state index in [2.05, 4.69) is 13.1 Å². The Morgan fingerprint density at radius 2 is 2.05 bits per heavy atom. The predicted octanol–water partition coefficient (Wildman–Crippen LogP) is 1.67. The van der Waals surface area contributed by atoms with Crippen molar-refractivity contribution in [1.29, 1.82) is 0 Å². The van der Waals surface area contributed by atoms with Crippen LogP contribution >= 0.6 is 0 Å². The largest absolute Gasteiger partial charge is 0.494 e. The molecule has 0 aromatic rings. The molecule has 5 nitrogen and oxygen atoms in total. The molecule has 6 heteroatoms. The SMILES string of the molecule is CC(=O)OC[C@H]1OC([Si](C)C)=C[C@@H](OC(C)(C)C)[C@@H]1O. The monoisotopic (exact) mass is 301 g/mol. The third-order valence-corrected chi connectivity index (χ3v) is 4.01. The molecule has 115 valence electrons. The molecule has 0 amide bonds. The van der Waals surface area contributed by atoms with E-state index in [4.69, 9.17) is 14.2 Å². The molecule has 1 aliphatic rings. The molecule has 20 heavy (non-hydrogen) atoms. The van der Waals surface area contributed by atoms with E-state index in [9.17, 15) is 9.90 Å². The van der Waals surface area contributed by atoms with Crippen molar-refractivity contribution >= 4 is 14.8 Å². The smallest absolute Gasteiger partial charge is 0.302 e. The number of carbonyl (C=O) groups excluding carboxylic acids is 1. The second kappa shape index (κ2) is 6.73. The first-order valence-electron chi connectivity index (χ1n) is 6.78.